The lowest BCUT2D eigenvalue weighted by Gasteiger charge is -2.35. The Labute approximate surface area is 221 Å². The maximum Gasteiger partial charge on any atom is 0.256 e. The molecule has 0 bridgehead atoms. The molecule has 3 aromatic rings. The average molecular weight is 546 g/mol. The second-order valence-electron chi connectivity index (χ2n) is 10.5. The van der Waals surface area contributed by atoms with Gasteiger partial charge in [0.05, 0.1) is 29.2 Å². The van der Waals surface area contributed by atoms with Gasteiger partial charge in [0.1, 0.15) is 5.82 Å². The molecule has 2 fully saturated rings. The third-order valence-electron chi connectivity index (χ3n) is 7.04. The van der Waals surface area contributed by atoms with Crippen LogP contribution in [0.5, 0.6) is 0 Å². The van der Waals surface area contributed by atoms with E-state index in [0.717, 1.165) is 62.1 Å². The lowest BCUT2D eigenvalue weighted by atomic mass is 9.98. The van der Waals surface area contributed by atoms with Crippen molar-refractivity contribution in [3.63, 3.8) is 0 Å². The Bertz CT molecular complexity index is 1470. The minimum Gasteiger partial charge on any atom is -0.354 e. The second-order valence-corrected chi connectivity index (χ2v) is 12.7. The number of amides is 1. The first-order valence-electron chi connectivity index (χ1n) is 12.4. The number of benzene rings is 1. The van der Waals surface area contributed by atoms with Gasteiger partial charge in [0, 0.05) is 48.0 Å². The van der Waals surface area contributed by atoms with Crippen molar-refractivity contribution in [2.45, 2.75) is 51.1 Å². The molecule has 198 valence electrons. The van der Waals surface area contributed by atoms with Crippen LogP contribution in [0.4, 0.5) is 11.5 Å². The molecule has 0 saturated carbocycles. The third-order valence-corrected chi connectivity index (χ3v) is 7.87. The van der Waals surface area contributed by atoms with Gasteiger partial charge in [-0.15, -0.1) is 0 Å². The van der Waals surface area contributed by atoms with Gasteiger partial charge in [0.15, 0.2) is 5.65 Å². The van der Waals surface area contributed by atoms with E-state index in [2.05, 4.69) is 16.5 Å². The minimum atomic E-state index is -3.58. The summed E-state index contributed by atoms with van der Waals surface area (Å²) in [5.41, 5.74) is 8.99. The average Bonchev–Trinajstić information content (AvgIpc) is 3.40. The molecule has 1 amide bonds. The summed E-state index contributed by atoms with van der Waals surface area (Å²) in [5, 5.41) is 5.15. The van der Waals surface area contributed by atoms with Crippen LogP contribution in [0.1, 0.15) is 60.3 Å². The molecule has 0 spiro atoms. The number of hydrogen-bond donors (Lipinski definition) is 2. The normalized spacial score (nSPS) is 22.6. The van der Waals surface area contributed by atoms with Gasteiger partial charge >= 0.3 is 0 Å². The predicted octanol–water partition coefficient (Wildman–Crippen LogP) is 3.36. The van der Waals surface area contributed by atoms with Gasteiger partial charge in [-0.1, -0.05) is 11.6 Å². The fourth-order valence-corrected chi connectivity index (χ4v) is 6.04. The van der Waals surface area contributed by atoms with Crippen LogP contribution in [0.15, 0.2) is 30.5 Å². The number of likely N-dealkylation sites (tertiary alicyclic amines) is 1. The number of nitrogens with two attached hydrogens (primary N) is 1. The molecular weight excluding hydrogens is 514 g/mol. The van der Waals surface area contributed by atoms with Crippen molar-refractivity contribution < 1.29 is 13.2 Å². The number of aromatic nitrogens is 3. The van der Waals surface area contributed by atoms with Crippen molar-refractivity contribution in [2.24, 2.45) is 5.73 Å². The zero-order chi connectivity index (χ0) is 26.5. The van der Waals surface area contributed by atoms with E-state index < -0.39 is 10.0 Å². The van der Waals surface area contributed by atoms with Crippen LogP contribution in [0.2, 0.25) is 5.02 Å². The number of carbonyl (C=O) groups is 1. The van der Waals surface area contributed by atoms with Crippen molar-refractivity contribution >= 4 is 44.7 Å². The fourth-order valence-electron chi connectivity index (χ4n) is 5.29. The number of nitrogens with one attached hydrogen (secondary N) is 1. The molecule has 37 heavy (non-hydrogen) atoms. The standard InChI is InChI=1S/C25H32ClN7O3S/c1-16-14-33-22(28-23(16)31-11-9-25(2,27)15-31)13-20(29-33)21-6-4-5-10-32(21)24(34)18-12-17(26)7-8-19(18)30-37(3,35)36/h7-8,12-14,21,30H,4-6,9-11,15,27H2,1-3H3/t21-,25?/m0/s1. The molecule has 2 aliphatic rings. The summed E-state index contributed by atoms with van der Waals surface area (Å²) in [7, 11) is -3.58. The highest BCUT2D eigenvalue weighted by Crippen LogP contribution is 2.35. The van der Waals surface area contributed by atoms with Crippen LogP contribution >= 0.6 is 11.6 Å². The van der Waals surface area contributed by atoms with Gasteiger partial charge in [0.25, 0.3) is 5.91 Å². The molecule has 0 aliphatic carbocycles. The van der Waals surface area contributed by atoms with Crippen molar-refractivity contribution in [3.05, 3.63) is 52.3 Å². The number of carbonyl (C=O) groups excluding carboxylic acids is 1. The first-order valence-corrected chi connectivity index (χ1v) is 14.7. The summed E-state index contributed by atoms with van der Waals surface area (Å²) in [5.74, 6) is 0.611. The van der Waals surface area contributed by atoms with E-state index in [0.29, 0.717) is 17.2 Å². The molecule has 2 aliphatic heterocycles. The molecule has 10 nitrogen and oxygen atoms in total. The van der Waals surface area contributed by atoms with Crippen LogP contribution in [-0.2, 0) is 10.0 Å². The van der Waals surface area contributed by atoms with Crippen LogP contribution in [0.25, 0.3) is 5.65 Å². The molecule has 12 heteroatoms. The number of nitrogens with zero attached hydrogens (tertiary/aromatic N) is 5. The summed E-state index contributed by atoms with van der Waals surface area (Å²) >= 11 is 6.20. The quantitative estimate of drug-likeness (QED) is 0.503. The lowest BCUT2D eigenvalue weighted by Crippen LogP contribution is -2.39. The molecule has 4 heterocycles. The molecule has 5 rings (SSSR count). The van der Waals surface area contributed by atoms with Gasteiger partial charge < -0.3 is 15.5 Å². The van der Waals surface area contributed by atoms with Gasteiger partial charge in [0.2, 0.25) is 10.0 Å². The summed E-state index contributed by atoms with van der Waals surface area (Å²) in [6, 6.07) is 6.24. The van der Waals surface area contributed by atoms with Crippen molar-refractivity contribution in [3.8, 4) is 0 Å². The minimum absolute atomic E-state index is 0.204. The van der Waals surface area contributed by atoms with E-state index in [9.17, 15) is 13.2 Å². The van der Waals surface area contributed by atoms with Crippen LogP contribution < -0.4 is 15.4 Å². The Balaban J connectivity index is 1.48. The van der Waals surface area contributed by atoms with Gasteiger partial charge in [-0.3, -0.25) is 9.52 Å². The summed E-state index contributed by atoms with van der Waals surface area (Å²) in [6.45, 7) is 6.20. The summed E-state index contributed by atoms with van der Waals surface area (Å²) < 4.78 is 28.0. The predicted molar refractivity (Wildman–Crippen MR) is 145 cm³/mol. The highest BCUT2D eigenvalue weighted by molar-refractivity contribution is 7.92. The number of anilines is 2. The van der Waals surface area contributed by atoms with Gasteiger partial charge in [-0.05, 0) is 57.7 Å². The SMILES string of the molecule is Cc1cn2nc([C@@H]3CCCCN3C(=O)c3cc(Cl)ccc3NS(C)(=O)=O)cc2nc1N1CCC(C)(N)C1. The van der Waals surface area contributed by atoms with E-state index in [1.54, 1.807) is 15.5 Å². The molecular formula is C25H32ClN7O3S. The van der Waals surface area contributed by atoms with Crippen molar-refractivity contribution in [2.75, 3.05) is 35.5 Å². The Kier molecular flexibility index (Phi) is 6.57. The number of sulfonamides is 1. The highest BCUT2D eigenvalue weighted by Gasteiger charge is 2.34. The fraction of sp³-hybridized carbons (Fsp3) is 0.480. The smallest absolute Gasteiger partial charge is 0.256 e. The largest absolute Gasteiger partial charge is 0.354 e. The third kappa shape index (κ3) is 5.39. The number of rotatable bonds is 5. The van der Waals surface area contributed by atoms with Gasteiger partial charge in [-0.25, -0.2) is 17.9 Å². The number of aryl methyl sites for hydroxylation is 1. The van der Waals surface area contributed by atoms with Crippen molar-refractivity contribution in [1.82, 2.24) is 19.5 Å². The van der Waals surface area contributed by atoms with E-state index >= 15 is 0 Å². The summed E-state index contributed by atoms with van der Waals surface area (Å²) in [6.07, 6.45) is 6.46. The summed E-state index contributed by atoms with van der Waals surface area (Å²) in [4.78, 5) is 22.6. The first-order chi connectivity index (χ1) is 17.4. The Morgan fingerprint density at radius 3 is 2.73 bits per heavy atom. The first kappa shape index (κ1) is 25.7. The second kappa shape index (κ2) is 9.45. The molecule has 3 N–H and O–H groups in total. The maximum atomic E-state index is 13.8. The van der Waals surface area contributed by atoms with Crippen molar-refractivity contribution in [1.29, 1.82) is 0 Å². The van der Waals surface area contributed by atoms with Crippen LogP contribution in [0.3, 0.4) is 0 Å². The van der Waals surface area contributed by atoms with E-state index in [-0.39, 0.29) is 28.7 Å². The number of halogens is 1. The maximum absolute atomic E-state index is 13.8. The zero-order valence-electron chi connectivity index (χ0n) is 21.2. The Morgan fingerprint density at radius 2 is 2.03 bits per heavy atom. The van der Waals surface area contributed by atoms with E-state index in [1.165, 1.54) is 12.1 Å². The zero-order valence-corrected chi connectivity index (χ0v) is 22.8. The van der Waals surface area contributed by atoms with E-state index in [4.69, 9.17) is 27.4 Å². The highest BCUT2D eigenvalue weighted by atomic mass is 35.5. The van der Waals surface area contributed by atoms with Crippen LogP contribution in [-0.4, -0.2) is 65.3 Å². The molecule has 2 saturated heterocycles. The molecule has 2 aromatic heterocycles. The number of fused-ring (bicyclic) bond motifs is 1. The number of piperidine rings is 1. The monoisotopic (exact) mass is 545 g/mol. The lowest BCUT2D eigenvalue weighted by molar-refractivity contribution is 0.0607. The number of hydrogen-bond acceptors (Lipinski definition) is 7. The Hall–Kier alpha value is -2.89. The molecule has 0 radical (unpaired) electrons. The molecule has 1 aromatic carbocycles. The molecule has 2 atom stereocenters. The molecule has 1 unspecified atom stereocenters. The Morgan fingerprint density at radius 1 is 1.24 bits per heavy atom. The van der Waals surface area contributed by atoms with Crippen LogP contribution in [0, 0.1) is 6.92 Å². The van der Waals surface area contributed by atoms with E-state index in [1.807, 2.05) is 19.2 Å². The topological polar surface area (TPSA) is 126 Å². The van der Waals surface area contributed by atoms with Gasteiger partial charge in [-0.2, -0.15) is 5.10 Å².